The monoisotopic (exact) mass is 870 g/mol. The second-order valence-electron chi connectivity index (χ2n) is 16.3. The Labute approximate surface area is 386 Å². The number of aliphatic hydroxyl groups is 2. The fourth-order valence-corrected chi connectivity index (χ4v) is 6.66. The molecular weight excluding hydrogens is 779 g/mol. The van der Waals surface area contributed by atoms with Crippen molar-refractivity contribution in [2.75, 3.05) is 6.61 Å². The number of carbonyl (C=O) groups excluding carboxylic acids is 2. The number of nitrogens with one attached hydrogen (secondary N) is 1. The van der Waals surface area contributed by atoms with Gasteiger partial charge in [-0.25, -0.2) is 0 Å². The number of amides is 1. The first-order valence-corrected chi connectivity index (χ1v) is 25.0. The van der Waals surface area contributed by atoms with E-state index in [1.807, 2.05) is 66.8 Å². The lowest BCUT2D eigenvalue weighted by Gasteiger charge is -2.23. The van der Waals surface area contributed by atoms with Gasteiger partial charge in [-0.1, -0.05) is 238 Å². The summed E-state index contributed by atoms with van der Waals surface area (Å²) in [6, 6.07) is -0.761. The summed E-state index contributed by atoms with van der Waals surface area (Å²) in [5.74, 6) is -0.695. The van der Waals surface area contributed by atoms with Crippen molar-refractivity contribution in [2.45, 2.75) is 206 Å². The van der Waals surface area contributed by atoms with E-state index in [0.717, 1.165) is 70.6 Å². The molecule has 3 unspecified atom stereocenters. The van der Waals surface area contributed by atoms with Crippen molar-refractivity contribution < 1.29 is 24.5 Å². The Morgan fingerprint density at radius 3 is 1.46 bits per heavy atom. The number of ether oxygens (including phenoxy) is 1. The molecule has 0 spiro atoms. The zero-order chi connectivity index (χ0) is 45.9. The van der Waals surface area contributed by atoms with Gasteiger partial charge in [0.25, 0.3) is 0 Å². The largest absolute Gasteiger partial charge is 0.458 e. The molecule has 63 heavy (non-hydrogen) atoms. The molecule has 0 aromatic carbocycles. The number of aliphatic hydroxyl groups excluding tert-OH is 2. The Hall–Kier alpha value is -4.00. The van der Waals surface area contributed by atoms with Crippen molar-refractivity contribution in [1.82, 2.24) is 5.32 Å². The van der Waals surface area contributed by atoms with Crippen LogP contribution in [0.15, 0.2) is 134 Å². The van der Waals surface area contributed by atoms with Crippen LogP contribution < -0.4 is 5.32 Å². The highest BCUT2D eigenvalue weighted by molar-refractivity contribution is 5.78. The van der Waals surface area contributed by atoms with E-state index >= 15 is 0 Å². The molecule has 0 radical (unpaired) electrons. The lowest BCUT2D eigenvalue weighted by molar-refractivity contribution is -0.148. The normalized spacial score (nSPS) is 14.4. The molecule has 3 N–H and O–H groups in total. The third kappa shape index (κ3) is 44.4. The first-order chi connectivity index (χ1) is 31.0. The molecule has 0 bridgehead atoms. The fourth-order valence-electron chi connectivity index (χ4n) is 6.66. The highest BCUT2D eigenvalue weighted by Crippen LogP contribution is 2.15. The van der Waals surface area contributed by atoms with Gasteiger partial charge in [0.1, 0.15) is 6.10 Å². The van der Waals surface area contributed by atoms with Crippen LogP contribution in [0.4, 0.5) is 0 Å². The predicted molar refractivity (Wildman–Crippen MR) is 273 cm³/mol. The average Bonchev–Trinajstić information content (AvgIpc) is 3.28. The fraction of sp³-hybridized carbons (Fsp3) is 0.579. The van der Waals surface area contributed by atoms with Gasteiger partial charge >= 0.3 is 5.97 Å². The first kappa shape index (κ1) is 59.0. The molecule has 0 aliphatic rings. The molecule has 0 aromatic heterocycles. The molecule has 0 heterocycles. The van der Waals surface area contributed by atoms with E-state index in [4.69, 9.17) is 4.74 Å². The van der Waals surface area contributed by atoms with Crippen LogP contribution in [0, 0.1) is 0 Å². The third-order valence-corrected chi connectivity index (χ3v) is 10.4. The topological polar surface area (TPSA) is 95.9 Å². The summed E-state index contributed by atoms with van der Waals surface area (Å²) < 4.78 is 5.79. The van der Waals surface area contributed by atoms with Crippen molar-refractivity contribution in [3.05, 3.63) is 134 Å². The van der Waals surface area contributed by atoms with Crippen LogP contribution in [0.2, 0.25) is 0 Å². The zero-order valence-electron chi connectivity index (χ0n) is 40.1. The van der Waals surface area contributed by atoms with Gasteiger partial charge in [0.2, 0.25) is 5.91 Å². The molecule has 0 fully saturated rings. The SMILES string of the molecule is CC\C=C/C=C/C=C/C=C\C=C\C=C\CCCCCC(=O)OC(/C=C/C/C=C/C/C=C/C/C=C/C/C=C/CC)CC(=O)NC(CO)C(O)CCCCCCCCCCCCCCC. The minimum absolute atomic E-state index is 0.0735. The van der Waals surface area contributed by atoms with E-state index in [1.54, 1.807) is 6.08 Å². The van der Waals surface area contributed by atoms with Crippen LogP contribution in [0.25, 0.3) is 0 Å². The van der Waals surface area contributed by atoms with Crippen molar-refractivity contribution in [3.63, 3.8) is 0 Å². The van der Waals surface area contributed by atoms with Gasteiger partial charge in [0, 0.05) is 6.42 Å². The molecule has 3 atom stereocenters. The summed E-state index contributed by atoms with van der Waals surface area (Å²) >= 11 is 0. The Morgan fingerprint density at radius 2 is 0.952 bits per heavy atom. The third-order valence-electron chi connectivity index (χ3n) is 10.4. The van der Waals surface area contributed by atoms with Crippen molar-refractivity contribution in [3.8, 4) is 0 Å². The smallest absolute Gasteiger partial charge is 0.306 e. The quantitative estimate of drug-likeness (QED) is 0.0246. The highest BCUT2D eigenvalue weighted by Gasteiger charge is 2.23. The maximum atomic E-state index is 13.2. The molecule has 0 aliphatic heterocycles. The summed E-state index contributed by atoms with van der Waals surface area (Å²) in [5, 5.41) is 23.7. The number of hydrogen-bond acceptors (Lipinski definition) is 5. The van der Waals surface area contributed by atoms with Crippen LogP contribution >= 0.6 is 0 Å². The summed E-state index contributed by atoms with van der Waals surface area (Å²) in [7, 11) is 0. The van der Waals surface area contributed by atoms with Crippen LogP contribution in [-0.2, 0) is 14.3 Å². The van der Waals surface area contributed by atoms with E-state index < -0.39 is 18.2 Å². The van der Waals surface area contributed by atoms with Gasteiger partial charge < -0.3 is 20.3 Å². The van der Waals surface area contributed by atoms with Crippen molar-refractivity contribution in [1.29, 1.82) is 0 Å². The van der Waals surface area contributed by atoms with Crippen LogP contribution in [0.3, 0.4) is 0 Å². The van der Waals surface area contributed by atoms with Gasteiger partial charge in [-0.3, -0.25) is 9.59 Å². The molecule has 0 aromatic rings. The van der Waals surface area contributed by atoms with Gasteiger partial charge in [-0.05, 0) is 70.3 Å². The Bertz CT molecular complexity index is 1390. The lowest BCUT2D eigenvalue weighted by Crippen LogP contribution is -2.46. The average molecular weight is 870 g/mol. The molecule has 0 rings (SSSR count). The minimum atomic E-state index is -0.836. The van der Waals surface area contributed by atoms with Gasteiger partial charge in [0.05, 0.1) is 25.2 Å². The molecule has 0 aliphatic carbocycles. The molecule has 0 saturated heterocycles. The number of hydrogen-bond donors (Lipinski definition) is 3. The first-order valence-electron chi connectivity index (χ1n) is 25.0. The molecule has 1 amide bonds. The molecule has 6 heteroatoms. The molecule has 354 valence electrons. The second-order valence-corrected chi connectivity index (χ2v) is 16.3. The van der Waals surface area contributed by atoms with Gasteiger partial charge in [0.15, 0.2) is 0 Å². The van der Waals surface area contributed by atoms with E-state index in [2.05, 4.69) is 86.8 Å². The number of esters is 1. The zero-order valence-corrected chi connectivity index (χ0v) is 40.1. The number of allylic oxidation sites excluding steroid dienone is 21. The number of rotatable bonds is 42. The molecular formula is C57H91NO5. The van der Waals surface area contributed by atoms with E-state index in [1.165, 1.54) is 64.2 Å². The van der Waals surface area contributed by atoms with Gasteiger partial charge in [-0.15, -0.1) is 0 Å². The molecule has 6 nitrogen and oxygen atoms in total. The summed E-state index contributed by atoms with van der Waals surface area (Å²) in [6.07, 6.45) is 69.6. The Kier molecular flexibility index (Phi) is 45.9. The highest BCUT2D eigenvalue weighted by atomic mass is 16.5. The van der Waals surface area contributed by atoms with E-state index in [9.17, 15) is 19.8 Å². The Balaban J connectivity index is 4.86. The molecule has 0 saturated carbocycles. The lowest BCUT2D eigenvalue weighted by atomic mass is 10.0. The van der Waals surface area contributed by atoms with Gasteiger partial charge in [-0.2, -0.15) is 0 Å². The summed E-state index contributed by atoms with van der Waals surface area (Å²) in [5.41, 5.74) is 0. The second kappa shape index (κ2) is 49.0. The minimum Gasteiger partial charge on any atom is -0.458 e. The van der Waals surface area contributed by atoms with E-state index in [-0.39, 0.29) is 31.3 Å². The number of unbranched alkanes of at least 4 members (excludes halogenated alkanes) is 15. The van der Waals surface area contributed by atoms with Crippen LogP contribution in [0.5, 0.6) is 0 Å². The standard InChI is InChI=1S/C57H91NO5/c1-4-7-10-13-16-19-22-25-27-28-29-32-35-38-41-44-47-50-57(62)63-53(48-45-42-39-36-33-31-26-23-20-17-14-11-8-5-2)51-56(61)58-54(52-59)55(60)49-46-43-40-37-34-30-24-21-18-15-12-9-6-3/h7-8,10-11,13,16-17,19-20,22,25-29,31-32,35-36,39,45,48,53-55,59-60H,4-6,9,12,14-15,18,21,23-24,30,33-34,37-38,40-44,46-47,49-52H2,1-3H3,(H,58,61)/b10-7-,11-8+,16-13+,20-17+,22-19+,27-25-,29-28+,31-26+,35-32+,39-36+,48-45+. The summed E-state index contributed by atoms with van der Waals surface area (Å²) in [6.45, 7) is 6.16. The van der Waals surface area contributed by atoms with Crippen molar-refractivity contribution >= 4 is 11.9 Å². The van der Waals surface area contributed by atoms with E-state index in [0.29, 0.717) is 19.3 Å². The number of carbonyl (C=O) groups is 2. The maximum Gasteiger partial charge on any atom is 0.306 e. The van der Waals surface area contributed by atoms with Crippen LogP contribution in [0.1, 0.15) is 188 Å². The summed E-state index contributed by atoms with van der Waals surface area (Å²) in [4.78, 5) is 26.1. The maximum absolute atomic E-state index is 13.2. The predicted octanol–water partition coefficient (Wildman–Crippen LogP) is 15.1. The van der Waals surface area contributed by atoms with Crippen LogP contribution in [-0.4, -0.2) is 46.9 Å². The van der Waals surface area contributed by atoms with Crippen molar-refractivity contribution in [2.24, 2.45) is 0 Å². The Morgan fingerprint density at radius 1 is 0.508 bits per heavy atom.